The second-order valence-corrected chi connectivity index (χ2v) is 6.19. The molecule has 0 unspecified atom stereocenters. The molecule has 2 N–H and O–H groups in total. The van der Waals surface area contributed by atoms with Crippen molar-refractivity contribution in [2.24, 2.45) is 0 Å². The Morgan fingerprint density at radius 2 is 2.05 bits per heavy atom. The van der Waals surface area contributed by atoms with Gasteiger partial charge < -0.3 is 0 Å². The maximum atomic E-state index is 12.0. The van der Waals surface area contributed by atoms with E-state index < -0.39 is 10.2 Å². The second kappa shape index (κ2) is 6.60. The fraction of sp³-hybridized carbons (Fsp3) is 0.333. The molecule has 1 aromatic heterocycles. The maximum absolute atomic E-state index is 12.0. The van der Waals surface area contributed by atoms with Crippen LogP contribution in [-0.4, -0.2) is 41.5 Å². The van der Waals surface area contributed by atoms with E-state index in [-0.39, 0.29) is 6.54 Å². The highest BCUT2D eigenvalue weighted by Crippen LogP contribution is 2.05. The summed E-state index contributed by atoms with van der Waals surface area (Å²) in [6.45, 7) is 0.606. The predicted molar refractivity (Wildman–Crippen MR) is 74.9 cm³/mol. The van der Waals surface area contributed by atoms with Crippen molar-refractivity contribution >= 4 is 10.2 Å². The van der Waals surface area contributed by atoms with Gasteiger partial charge in [0, 0.05) is 26.6 Å². The largest absolute Gasteiger partial charge is 0.279 e. The molecule has 0 aliphatic carbocycles. The minimum absolute atomic E-state index is 0.274. The number of aromatic nitrogens is 3. The minimum Gasteiger partial charge on any atom is -0.263 e. The lowest BCUT2D eigenvalue weighted by Crippen LogP contribution is -2.38. The second-order valence-electron chi connectivity index (χ2n) is 4.32. The Morgan fingerprint density at radius 3 is 2.70 bits per heavy atom. The number of aromatic amines is 1. The highest BCUT2D eigenvalue weighted by molar-refractivity contribution is 7.87. The van der Waals surface area contributed by atoms with E-state index in [0.717, 1.165) is 5.56 Å². The van der Waals surface area contributed by atoms with Crippen LogP contribution in [0.5, 0.6) is 0 Å². The normalized spacial score (nSPS) is 11.9. The van der Waals surface area contributed by atoms with Gasteiger partial charge in [0.25, 0.3) is 10.2 Å². The van der Waals surface area contributed by atoms with Crippen molar-refractivity contribution in [3.8, 4) is 0 Å². The zero-order chi connectivity index (χ0) is 14.4. The molecule has 0 aliphatic heterocycles. The van der Waals surface area contributed by atoms with E-state index in [4.69, 9.17) is 0 Å². The van der Waals surface area contributed by atoms with Crippen LogP contribution in [0.25, 0.3) is 0 Å². The lowest BCUT2D eigenvalue weighted by Gasteiger charge is -2.17. The van der Waals surface area contributed by atoms with Crippen LogP contribution in [0.15, 0.2) is 36.7 Å². The van der Waals surface area contributed by atoms with Gasteiger partial charge in [0.05, 0.1) is 0 Å². The van der Waals surface area contributed by atoms with Gasteiger partial charge in [-0.1, -0.05) is 30.3 Å². The quantitative estimate of drug-likeness (QED) is 0.769. The molecule has 0 saturated carbocycles. The van der Waals surface area contributed by atoms with Crippen LogP contribution in [-0.2, 0) is 23.2 Å². The molecular weight excluding hydrogens is 278 g/mol. The summed E-state index contributed by atoms with van der Waals surface area (Å²) in [5.74, 6) is 0.651. The zero-order valence-corrected chi connectivity index (χ0v) is 12.0. The summed E-state index contributed by atoms with van der Waals surface area (Å²) in [6.07, 6.45) is 1.86. The molecule has 0 amide bonds. The summed E-state index contributed by atoms with van der Waals surface area (Å²) in [4.78, 5) is 3.93. The molecule has 7 nitrogen and oxygen atoms in total. The van der Waals surface area contributed by atoms with E-state index in [2.05, 4.69) is 19.9 Å². The molecule has 0 fully saturated rings. The van der Waals surface area contributed by atoms with Gasteiger partial charge >= 0.3 is 0 Å². The van der Waals surface area contributed by atoms with Crippen LogP contribution in [0.3, 0.4) is 0 Å². The van der Waals surface area contributed by atoms with Gasteiger partial charge in [0.15, 0.2) is 0 Å². The Balaban J connectivity index is 1.86. The van der Waals surface area contributed by atoms with Crippen LogP contribution in [0.2, 0.25) is 0 Å². The fourth-order valence-corrected chi connectivity index (χ4v) is 2.58. The lowest BCUT2D eigenvalue weighted by atomic mass is 10.2. The molecule has 108 valence electrons. The molecule has 1 heterocycles. The summed E-state index contributed by atoms with van der Waals surface area (Å²) in [5, 5.41) is 6.39. The molecule has 20 heavy (non-hydrogen) atoms. The molecule has 8 heteroatoms. The van der Waals surface area contributed by atoms with Gasteiger partial charge in [-0.05, 0) is 5.56 Å². The Kier molecular flexibility index (Phi) is 4.83. The number of nitrogens with one attached hydrogen (secondary N) is 2. The number of benzene rings is 1. The molecule has 1 aromatic carbocycles. The predicted octanol–water partition coefficient (Wildman–Crippen LogP) is 0.314. The third-order valence-electron chi connectivity index (χ3n) is 2.77. The molecule has 0 atom stereocenters. The van der Waals surface area contributed by atoms with Crippen LogP contribution in [0.4, 0.5) is 0 Å². The van der Waals surface area contributed by atoms with Gasteiger partial charge in [0.1, 0.15) is 12.2 Å². The smallest absolute Gasteiger partial charge is 0.263 e. The first-order valence-electron chi connectivity index (χ1n) is 6.17. The van der Waals surface area contributed by atoms with Crippen molar-refractivity contribution in [1.29, 1.82) is 0 Å². The van der Waals surface area contributed by atoms with Crippen molar-refractivity contribution in [2.45, 2.75) is 13.0 Å². The van der Waals surface area contributed by atoms with Crippen LogP contribution < -0.4 is 4.72 Å². The van der Waals surface area contributed by atoms with E-state index in [9.17, 15) is 8.42 Å². The third-order valence-corrected chi connectivity index (χ3v) is 4.29. The molecule has 0 saturated heterocycles. The summed E-state index contributed by atoms with van der Waals surface area (Å²) in [6, 6.07) is 9.44. The van der Waals surface area contributed by atoms with Crippen LogP contribution in [0, 0.1) is 0 Å². The van der Waals surface area contributed by atoms with Crippen molar-refractivity contribution in [1.82, 2.24) is 24.2 Å². The summed E-state index contributed by atoms with van der Waals surface area (Å²) in [7, 11) is -1.95. The first-order valence-corrected chi connectivity index (χ1v) is 7.61. The van der Waals surface area contributed by atoms with Gasteiger partial charge in [-0.2, -0.15) is 17.8 Å². The van der Waals surface area contributed by atoms with E-state index in [1.165, 1.54) is 10.6 Å². The van der Waals surface area contributed by atoms with Crippen molar-refractivity contribution in [3.63, 3.8) is 0 Å². The van der Waals surface area contributed by atoms with Crippen LogP contribution >= 0.6 is 0 Å². The Hall–Kier alpha value is -1.77. The average Bonchev–Trinajstić information content (AvgIpc) is 2.93. The highest BCUT2D eigenvalue weighted by atomic mass is 32.2. The third kappa shape index (κ3) is 4.12. The molecule has 2 rings (SSSR count). The van der Waals surface area contributed by atoms with Crippen molar-refractivity contribution in [3.05, 3.63) is 48.0 Å². The zero-order valence-electron chi connectivity index (χ0n) is 11.2. The van der Waals surface area contributed by atoms with E-state index >= 15 is 0 Å². The molecule has 2 aromatic rings. The van der Waals surface area contributed by atoms with Gasteiger partial charge in [-0.25, -0.2) is 9.71 Å². The first-order chi connectivity index (χ1) is 9.58. The van der Waals surface area contributed by atoms with Gasteiger partial charge in [-0.15, -0.1) is 0 Å². The monoisotopic (exact) mass is 295 g/mol. The molecule has 0 radical (unpaired) electrons. The molecular formula is C12H17N5O2S. The Labute approximate surface area is 118 Å². The lowest BCUT2D eigenvalue weighted by molar-refractivity contribution is 0.455. The minimum atomic E-state index is -3.49. The number of hydrogen-bond acceptors (Lipinski definition) is 4. The summed E-state index contributed by atoms with van der Waals surface area (Å²) < 4.78 is 27.9. The summed E-state index contributed by atoms with van der Waals surface area (Å²) >= 11 is 0. The Bertz CT molecular complexity index is 613. The van der Waals surface area contributed by atoms with Crippen LogP contribution in [0.1, 0.15) is 11.4 Å². The molecule has 0 spiro atoms. The number of hydrogen-bond donors (Lipinski definition) is 2. The SMILES string of the molecule is CN(Cc1ccccc1)S(=O)(=O)NCCc1ncn[nH]1. The van der Waals surface area contributed by atoms with Crippen molar-refractivity contribution in [2.75, 3.05) is 13.6 Å². The van der Waals surface area contributed by atoms with Crippen molar-refractivity contribution < 1.29 is 8.42 Å². The average molecular weight is 295 g/mol. The van der Waals surface area contributed by atoms with Gasteiger partial charge in [-0.3, -0.25) is 5.10 Å². The highest BCUT2D eigenvalue weighted by Gasteiger charge is 2.17. The molecule has 0 bridgehead atoms. The van der Waals surface area contributed by atoms with E-state index in [1.54, 1.807) is 7.05 Å². The topological polar surface area (TPSA) is 91.0 Å². The first kappa shape index (κ1) is 14.6. The number of rotatable bonds is 7. The van der Waals surface area contributed by atoms with Gasteiger partial charge in [0.2, 0.25) is 0 Å². The standard InChI is InChI=1S/C12H17N5O2S/c1-17(9-11-5-3-2-4-6-11)20(18,19)15-8-7-12-13-10-14-16-12/h2-6,10,15H,7-9H2,1H3,(H,13,14,16). The maximum Gasteiger partial charge on any atom is 0.279 e. The number of nitrogens with zero attached hydrogens (tertiary/aromatic N) is 3. The van der Waals surface area contributed by atoms with E-state index in [0.29, 0.717) is 18.8 Å². The van der Waals surface area contributed by atoms with E-state index in [1.807, 2.05) is 30.3 Å². The molecule has 0 aliphatic rings. The number of H-pyrrole nitrogens is 1. The Morgan fingerprint density at radius 1 is 1.30 bits per heavy atom. The fourth-order valence-electron chi connectivity index (χ4n) is 1.69. The summed E-state index contributed by atoms with van der Waals surface area (Å²) in [5.41, 5.74) is 0.940.